The van der Waals surface area contributed by atoms with E-state index in [9.17, 15) is 13.5 Å². The minimum Gasteiger partial charge on any atom is -0.457 e. The fourth-order valence-corrected chi connectivity index (χ4v) is 5.07. The van der Waals surface area contributed by atoms with Crippen LogP contribution in [-0.4, -0.2) is 13.5 Å². The maximum absolute atomic E-state index is 13.0. The summed E-state index contributed by atoms with van der Waals surface area (Å²) in [6, 6.07) is 21.2. The van der Waals surface area contributed by atoms with Crippen LogP contribution in [0.4, 0.5) is 0 Å². The summed E-state index contributed by atoms with van der Waals surface area (Å²) >= 11 is 3.41. The van der Waals surface area contributed by atoms with Crippen molar-refractivity contribution in [1.82, 2.24) is 4.72 Å². The molecule has 0 aliphatic carbocycles. The van der Waals surface area contributed by atoms with Crippen LogP contribution < -0.4 is 4.72 Å². The standard InChI is InChI=1S/C22H18BrNO4S/c1-14-11-16(23)12-19-18(14)13-20(28-19)22(25)24-29(26,27)21-10-6-5-9-17(21)15-7-3-2-4-8-15/h2-13,22,24-25H,1H3. The van der Waals surface area contributed by atoms with E-state index < -0.39 is 16.3 Å². The summed E-state index contributed by atoms with van der Waals surface area (Å²) < 4.78 is 34.9. The van der Waals surface area contributed by atoms with E-state index in [0.717, 1.165) is 21.0 Å². The highest BCUT2D eigenvalue weighted by atomic mass is 79.9. The SMILES string of the molecule is Cc1cc(Br)cc2oc(C(O)NS(=O)(=O)c3ccccc3-c3ccccc3)cc12. The van der Waals surface area contributed by atoms with Crippen molar-refractivity contribution in [1.29, 1.82) is 0 Å². The highest BCUT2D eigenvalue weighted by molar-refractivity contribution is 9.10. The Morgan fingerprint density at radius 1 is 1.00 bits per heavy atom. The minimum absolute atomic E-state index is 0.0836. The molecule has 4 rings (SSSR count). The van der Waals surface area contributed by atoms with Gasteiger partial charge in [0.25, 0.3) is 0 Å². The number of hydrogen-bond donors (Lipinski definition) is 2. The Bertz CT molecular complexity index is 1280. The van der Waals surface area contributed by atoms with Crippen molar-refractivity contribution in [3.8, 4) is 11.1 Å². The number of fused-ring (bicyclic) bond motifs is 1. The number of aryl methyl sites for hydroxylation is 1. The second kappa shape index (κ2) is 7.76. The van der Waals surface area contributed by atoms with Crippen LogP contribution in [0.1, 0.15) is 17.6 Å². The van der Waals surface area contributed by atoms with Crippen LogP contribution in [0.25, 0.3) is 22.1 Å². The molecule has 5 nitrogen and oxygen atoms in total. The Balaban J connectivity index is 1.69. The van der Waals surface area contributed by atoms with E-state index in [2.05, 4.69) is 20.7 Å². The van der Waals surface area contributed by atoms with Crippen molar-refractivity contribution in [3.63, 3.8) is 0 Å². The van der Waals surface area contributed by atoms with Gasteiger partial charge in [-0.3, -0.25) is 0 Å². The summed E-state index contributed by atoms with van der Waals surface area (Å²) in [6.07, 6.45) is -1.52. The first-order chi connectivity index (χ1) is 13.8. The Morgan fingerprint density at radius 3 is 2.45 bits per heavy atom. The van der Waals surface area contributed by atoms with Crippen molar-refractivity contribution in [2.45, 2.75) is 18.0 Å². The van der Waals surface area contributed by atoms with Crippen LogP contribution in [0.15, 0.2) is 86.6 Å². The molecular formula is C22H18BrNO4S. The number of rotatable bonds is 5. The summed E-state index contributed by atoms with van der Waals surface area (Å²) in [5.41, 5.74) is 2.84. The molecule has 1 unspecified atom stereocenters. The van der Waals surface area contributed by atoms with Gasteiger partial charge in [0.05, 0.1) is 4.90 Å². The normalized spacial score (nSPS) is 12.9. The number of hydrogen-bond acceptors (Lipinski definition) is 4. The van der Waals surface area contributed by atoms with E-state index in [0.29, 0.717) is 11.1 Å². The van der Waals surface area contributed by atoms with Crippen LogP contribution in [0.5, 0.6) is 0 Å². The van der Waals surface area contributed by atoms with Gasteiger partial charge in [-0.15, -0.1) is 0 Å². The van der Waals surface area contributed by atoms with E-state index in [1.54, 1.807) is 30.3 Å². The lowest BCUT2D eigenvalue weighted by molar-refractivity contribution is 0.141. The third-order valence-corrected chi connectivity index (χ3v) is 6.55. The smallest absolute Gasteiger partial charge is 0.243 e. The molecule has 0 aliphatic rings. The van der Waals surface area contributed by atoms with Gasteiger partial charge >= 0.3 is 0 Å². The molecule has 0 saturated heterocycles. The van der Waals surface area contributed by atoms with E-state index >= 15 is 0 Å². The van der Waals surface area contributed by atoms with Crippen molar-refractivity contribution in [2.75, 3.05) is 0 Å². The van der Waals surface area contributed by atoms with E-state index in [1.807, 2.05) is 43.3 Å². The highest BCUT2D eigenvalue weighted by Crippen LogP contribution is 2.31. The largest absolute Gasteiger partial charge is 0.457 e. The first-order valence-corrected chi connectivity index (χ1v) is 11.2. The van der Waals surface area contributed by atoms with E-state index in [4.69, 9.17) is 4.42 Å². The molecule has 1 aromatic heterocycles. The molecule has 0 amide bonds. The van der Waals surface area contributed by atoms with Crippen molar-refractivity contribution < 1.29 is 17.9 Å². The third kappa shape index (κ3) is 4.00. The lowest BCUT2D eigenvalue weighted by Gasteiger charge is -2.14. The molecule has 0 saturated carbocycles. The number of aliphatic hydroxyl groups excluding tert-OH is 1. The van der Waals surface area contributed by atoms with Crippen LogP contribution in [0.3, 0.4) is 0 Å². The molecule has 0 radical (unpaired) electrons. The maximum atomic E-state index is 13.0. The highest BCUT2D eigenvalue weighted by Gasteiger charge is 2.25. The predicted molar refractivity (Wildman–Crippen MR) is 116 cm³/mol. The molecule has 4 aromatic rings. The molecule has 0 spiro atoms. The molecule has 1 atom stereocenters. The number of furan rings is 1. The van der Waals surface area contributed by atoms with Crippen LogP contribution in [0.2, 0.25) is 0 Å². The number of aliphatic hydroxyl groups is 1. The van der Waals surface area contributed by atoms with Gasteiger partial charge in [-0.2, -0.15) is 4.72 Å². The van der Waals surface area contributed by atoms with Gasteiger partial charge in [0, 0.05) is 15.4 Å². The van der Waals surface area contributed by atoms with E-state index in [-0.39, 0.29) is 10.7 Å². The number of benzene rings is 3. The Kier molecular flexibility index (Phi) is 5.31. The summed E-state index contributed by atoms with van der Waals surface area (Å²) in [5.74, 6) is 0.127. The molecule has 3 aromatic carbocycles. The number of halogens is 1. The summed E-state index contributed by atoms with van der Waals surface area (Å²) in [6.45, 7) is 1.92. The van der Waals surface area contributed by atoms with Gasteiger partial charge in [-0.1, -0.05) is 64.5 Å². The molecular weight excluding hydrogens is 454 g/mol. The number of sulfonamides is 1. The summed E-state index contributed by atoms with van der Waals surface area (Å²) in [4.78, 5) is 0.0836. The maximum Gasteiger partial charge on any atom is 0.243 e. The van der Waals surface area contributed by atoms with Crippen molar-refractivity contribution in [3.05, 3.63) is 88.6 Å². The quantitative estimate of drug-likeness (QED) is 0.395. The van der Waals surface area contributed by atoms with Crippen molar-refractivity contribution >= 4 is 36.9 Å². The van der Waals surface area contributed by atoms with Crippen molar-refractivity contribution in [2.24, 2.45) is 0 Å². The third-order valence-electron chi connectivity index (χ3n) is 4.63. The molecule has 1 heterocycles. The average Bonchev–Trinajstić information content (AvgIpc) is 3.13. The van der Waals surface area contributed by atoms with Crippen LogP contribution in [0, 0.1) is 6.92 Å². The van der Waals surface area contributed by atoms with Gasteiger partial charge in [0.2, 0.25) is 10.0 Å². The average molecular weight is 472 g/mol. The first-order valence-electron chi connectivity index (χ1n) is 8.89. The van der Waals surface area contributed by atoms with Crippen LogP contribution >= 0.6 is 15.9 Å². The predicted octanol–water partition coefficient (Wildman–Crippen LogP) is 5.14. The fraction of sp³-hybridized carbons (Fsp3) is 0.0909. The fourth-order valence-electron chi connectivity index (χ4n) is 3.25. The molecule has 0 fully saturated rings. The van der Waals surface area contributed by atoms with Crippen LogP contribution in [-0.2, 0) is 10.0 Å². The van der Waals surface area contributed by atoms with E-state index in [1.165, 1.54) is 6.07 Å². The van der Waals surface area contributed by atoms with Gasteiger partial charge in [-0.05, 0) is 42.3 Å². The minimum atomic E-state index is -4.01. The summed E-state index contributed by atoms with van der Waals surface area (Å²) in [7, 11) is -4.01. The van der Waals surface area contributed by atoms with Gasteiger partial charge < -0.3 is 9.52 Å². The monoisotopic (exact) mass is 471 g/mol. The number of nitrogens with one attached hydrogen (secondary N) is 1. The first kappa shape index (κ1) is 19.8. The molecule has 148 valence electrons. The van der Waals surface area contributed by atoms with Gasteiger partial charge in [-0.25, -0.2) is 8.42 Å². The summed E-state index contributed by atoms with van der Waals surface area (Å²) in [5, 5.41) is 11.4. The van der Waals surface area contributed by atoms with Gasteiger partial charge in [0.15, 0.2) is 6.23 Å². The zero-order valence-electron chi connectivity index (χ0n) is 15.5. The second-order valence-electron chi connectivity index (χ2n) is 6.67. The zero-order chi connectivity index (χ0) is 20.6. The molecule has 7 heteroatoms. The Morgan fingerprint density at radius 2 is 1.69 bits per heavy atom. The Labute approximate surface area is 177 Å². The second-order valence-corrected chi connectivity index (χ2v) is 9.27. The molecule has 29 heavy (non-hydrogen) atoms. The Hall–Kier alpha value is -2.45. The lowest BCUT2D eigenvalue weighted by Crippen LogP contribution is -2.28. The topological polar surface area (TPSA) is 79.5 Å². The molecule has 2 N–H and O–H groups in total. The lowest BCUT2D eigenvalue weighted by atomic mass is 10.1. The zero-order valence-corrected chi connectivity index (χ0v) is 17.9. The molecule has 0 bridgehead atoms. The molecule has 0 aliphatic heterocycles. The van der Waals surface area contributed by atoms with Gasteiger partial charge in [0.1, 0.15) is 11.3 Å².